The van der Waals surface area contributed by atoms with Crippen LogP contribution >= 0.6 is 35.0 Å². The first kappa shape index (κ1) is 19.3. The molecule has 2 heterocycles. The molecule has 0 saturated heterocycles. The van der Waals surface area contributed by atoms with Crippen molar-refractivity contribution in [1.82, 2.24) is 9.97 Å². The van der Waals surface area contributed by atoms with Crippen LogP contribution in [0.1, 0.15) is 13.3 Å². The Morgan fingerprint density at radius 2 is 2.11 bits per heavy atom. The molecule has 144 valence electrons. The molecule has 0 unspecified atom stereocenters. The number of rotatable bonds is 3. The van der Waals surface area contributed by atoms with E-state index in [4.69, 9.17) is 27.9 Å². The van der Waals surface area contributed by atoms with Gasteiger partial charge in [-0.05, 0) is 30.7 Å². The standard InChI is InChI=1S/C20H17Cl2N3O2S/c1-12-6-7-25(16-4-2-3-5-17(16)28-12)18(26)10-27-20-14-8-13(21)9-15(22)19(14)23-11-24-20/h2-5,8-9,11-12H,6-7,10H2,1H3/t12-/m0/s1. The lowest BCUT2D eigenvalue weighted by atomic mass is 10.2. The summed E-state index contributed by atoms with van der Waals surface area (Å²) in [6, 6.07) is 11.2. The Morgan fingerprint density at radius 1 is 1.29 bits per heavy atom. The zero-order valence-electron chi connectivity index (χ0n) is 15.1. The molecule has 1 aliphatic heterocycles. The van der Waals surface area contributed by atoms with Crippen molar-refractivity contribution in [2.24, 2.45) is 0 Å². The number of hydrogen-bond donors (Lipinski definition) is 0. The van der Waals surface area contributed by atoms with Gasteiger partial charge < -0.3 is 9.64 Å². The Bertz CT molecular complexity index is 1050. The average Bonchev–Trinajstić information content (AvgIpc) is 2.84. The number of carbonyl (C=O) groups is 1. The first-order valence-corrected chi connectivity index (χ1v) is 10.4. The minimum Gasteiger partial charge on any atom is -0.467 e. The molecule has 1 amide bonds. The predicted octanol–water partition coefficient (Wildman–Crippen LogP) is 5.23. The highest BCUT2D eigenvalue weighted by Crippen LogP contribution is 2.37. The van der Waals surface area contributed by atoms with Gasteiger partial charge in [0, 0.05) is 21.7 Å². The molecular weight excluding hydrogens is 417 g/mol. The maximum Gasteiger partial charge on any atom is 0.265 e. The molecular formula is C20H17Cl2N3O2S. The smallest absolute Gasteiger partial charge is 0.265 e. The third-order valence-electron chi connectivity index (χ3n) is 4.50. The van der Waals surface area contributed by atoms with E-state index in [1.807, 2.05) is 24.3 Å². The van der Waals surface area contributed by atoms with Crippen molar-refractivity contribution in [1.29, 1.82) is 0 Å². The summed E-state index contributed by atoms with van der Waals surface area (Å²) in [4.78, 5) is 24.2. The molecule has 8 heteroatoms. The van der Waals surface area contributed by atoms with Crippen LogP contribution in [0.3, 0.4) is 0 Å². The van der Waals surface area contributed by atoms with Gasteiger partial charge in [-0.2, -0.15) is 0 Å². The van der Waals surface area contributed by atoms with Gasteiger partial charge in [-0.3, -0.25) is 4.79 Å². The number of aromatic nitrogens is 2. The number of fused-ring (bicyclic) bond motifs is 2. The molecule has 0 radical (unpaired) electrons. The maximum absolute atomic E-state index is 13.0. The van der Waals surface area contributed by atoms with E-state index in [2.05, 4.69) is 16.9 Å². The number of thioether (sulfide) groups is 1. The van der Waals surface area contributed by atoms with Gasteiger partial charge in [0.15, 0.2) is 6.61 Å². The van der Waals surface area contributed by atoms with Crippen LogP contribution in [0.5, 0.6) is 5.88 Å². The van der Waals surface area contributed by atoms with Gasteiger partial charge in [-0.1, -0.05) is 42.3 Å². The number of para-hydroxylation sites is 1. The van der Waals surface area contributed by atoms with Gasteiger partial charge in [-0.15, -0.1) is 11.8 Å². The van der Waals surface area contributed by atoms with Gasteiger partial charge in [0.25, 0.3) is 5.91 Å². The topological polar surface area (TPSA) is 55.3 Å². The summed E-state index contributed by atoms with van der Waals surface area (Å²) in [6.45, 7) is 2.69. The van der Waals surface area contributed by atoms with E-state index >= 15 is 0 Å². The summed E-state index contributed by atoms with van der Waals surface area (Å²) >= 11 is 14.1. The largest absolute Gasteiger partial charge is 0.467 e. The van der Waals surface area contributed by atoms with Crippen molar-refractivity contribution in [3.05, 3.63) is 52.8 Å². The minimum atomic E-state index is -0.135. The predicted molar refractivity (Wildman–Crippen MR) is 114 cm³/mol. The van der Waals surface area contributed by atoms with E-state index in [-0.39, 0.29) is 18.4 Å². The fraction of sp³-hybridized carbons (Fsp3) is 0.250. The lowest BCUT2D eigenvalue weighted by Crippen LogP contribution is -2.36. The SMILES string of the molecule is C[C@H]1CCN(C(=O)COc2ncnc3c(Cl)cc(Cl)cc23)c2ccccc2S1. The molecule has 0 saturated carbocycles. The van der Waals surface area contributed by atoms with Crippen LogP contribution in [0.4, 0.5) is 5.69 Å². The zero-order valence-corrected chi connectivity index (χ0v) is 17.4. The number of hydrogen-bond acceptors (Lipinski definition) is 5. The Kier molecular flexibility index (Phi) is 5.62. The average molecular weight is 434 g/mol. The molecule has 2 aromatic carbocycles. The third-order valence-corrected chi connectivity index (χ3v) is 6.24. The van der Waals surface area contributed by atoms with Crippen molar-refractivity contribution < 1.29 is 9.53 Å². The molecule has 3 aromatic rings. The molecule has 1 aromatic heterocycles. The molecule has 0 N–H and O–H groups in total. The maximum atomic E-state index is 13.0. The van der Waals surface area contributed by atoms with Crippen molar-refractivity contribution >= 4 is 57.5 Å². The fourth-order valence-electron chi connectivity index (χ4n) is 3.14. The van der Waals surface area contributed by atoms with E-state index in [1.165, 1.54) is 6.33 Å². The van der Waals surface area contributed by atoms with E-state index in [9.17, 15) is 4.79 Å². The lowest BCUT2D eigenvalue weighted by Gasteiger charge is -2.22. The highest BCUT2D eigenvalue weighted by Gasteiger charge is 2.24. The summed E-state index contributed by atoms with van der Waals surface area (Å²) in [5, 5.41) is 1.88. The van der Waals surface area contributed by atoms with E-state index in [0.717, 1.165) is 17.0 Å². The first-order chi connectivity index (χ1) is 13.5. The summed E-state index contributed by atoms with van der Waals surface area (Å²) in [6.07, 6.45) is 2.27. The van der Waals surface area contributed by atoms with Gasteiger partial charge in [0.1, 0.15) is 6.33 Å². The van der Waals surface area contributed by atoms with Crippen molar-refractivity contribution in [2.45, 2.75) is 23.5 Å². The van der Waals surface area contributed by atoms with Crippen molar-refractivity contribution in [2.75, 3.05) is 18.1 Å². The first-order valence-electron chi connectivity index (χ1n) is 8.81. The zero-order chi connectivity index (χ0) is 19.7. The van der Waals surface area contributed by atoms with Crippen LogP contribution in [0.25, 0.3) is 10.9 Å². The Morgan fingerprint density at radius 3 is 2.96 bits per heavy atom. The summed E-state index contributed by atoms with van der Waals surface area (Å²) in [7, 11) is 0. The van der Waals surface area contributed by atoms with E-state index in [0.29, 0.717) is 32.7 Å². The van der Waals surface area contributed by atoms with Crippen LogP contribution < -0.4 is 9.64 Å². The Balaban J connectivity index is 1.58. The molecule has 28 heavy (non-hydrogen) atoms. The molecule has 0 fully saturated rings. The van der Waals surface area contributed by atoms with Crippen LogP contribution in [-0.4, -0.2) is 34.3 Å². The third kappa shape index (κ3) is 3.90. The normalized spacial score (nSPS) is 16.5. The Labute approximate surface area is 177 Å². The van der Waals surface area contributed by atoms with Crippen molar-refractivity contribution in [3.8, 4) is 5.88 Å². The second-order valence-corrected chi connectivity index (χ2v) is 8.81. The van der Waals surface area contributed by atoms with Gasteiger partial charge in [-0.25, -0.2) is 9.97 Å². The van der Waals surface area contributed by atoms with Crippen molar-refractivity contribution in [3.63, 3.8) is 0 Å². The molecule has 0 bridgehead atoms. The molecule has 5 nitrogen and oxygen atoms in total. The Hall–Kier alpha value is -2.02. The van der Waals surface area contributed by atoms with Gasteiger partial charge in [0.2, 0.25) is 5.88 Å². The van der Waals surface area contributed by atoms with Gasteiger partial charge in [0.05, 0.1) is 21.6 Å². The monoisotopic (exact) mass is 433 g/mol. The van der Waals surface area contributed by atoms with E-state index < -0.39 is 0 Å². The second kappa shape index (κ2) is 8.15. The number of carbonyl (C=O) groups excluding carboxylic acids is 1. The van der Waals surface area contributed by atoms with Crippen LogP contribution in [0.2, 0.25) is 10.0 Å². The molecule has 4 rings (SSSR count). The number of halogens is 2. The summed E-state index contributed by atoms with van der Waals surface area (Å²) in [5.41, 5.74) is 1.46. The fourth-order valence-corrected chi connectivity index (χ4v) is 4.79. The lowest BCUT2D eigenvalue weighted by molar-refractivity contribution is -0.120. The van der Waals surface area contributed by atoms with Crippen LogP contribution in [-0.2, 0) is 4.79 Å². The highest BCUT2D eigenvalue weighted by molar-refractivity contribution is 8.00. The number of nitrogens with zero attached hydrogens (tertiary/aromatic N) is 3. The van der Waals surface area contributed by atoms with Crippen LogP contribution in [0.15, 0.2) is 47.6 Å². The summed E-state index contributed by atoms with van der Waals surface area (Å²) < 4.78 is 5.76. The molecule has 0 aliphatic carbocycles. The number of amides is 1. The molecule has 1 aliphatic rings. The minimum absolute atomic E-state index is 0.123. The number of benzene rings is 2. The second-order valence-electron chi connectivity index (χ2n) is 6.48. The molecule has 0 spiro atoms. The van der Waals surface area contributed by atoms with Crippen LogP contribution in [0, 0.1) is 0 Å². The molecule has 1 atom stereocenters. The van der Waals surface area contributed by atoms with Gasteiger partial charge >= 0.3 is 0 Å². The summed E-state index contributed by atoms with van der Waals surface area (Å²) in [5.74, 6) is 0.163. The number of ether oxygens (including phenoxy) is 1. The quantitative estimate of drug-likeness (QED) is 0.565. The van der Waals surface area contributed by atoms with E-state index in [1.54, 1.807) is 28.8 Å². The highest BCUT2D eigenvalue weighted by atomic mass is 35.5. The number of anilines is 1.